The molecule has 1 aromatic rings. The summed E-state index contributed by atoms with van der Waals surface area (Å²) in [6.45, 7) is 2.32. The third-order valence-corrected chi connectivity index (χ3v) is 5.99. The van der Waals surface area contributed by atoms with E-state index in [9.17, 15) is 9.90 Å². The molecule has 3 rings (SSSR count). The van der Waals surface area contributed by atoms with E-state index in [1.54, 1.807) is 11.3 Å². The van der Waals surface area contributed by atoms with Gasteiger partial charge in [-0.1, -0.05) is 12.8 Å². The Bertz CT molecular complexity index is 485. The molecule has 1 aromatic heterocycles. The Morgan fingerprint density at radius 1 is 1.45 bits per heavy atom. The molecule has 3 nitrogen and oxygen atoms in total. The molecule has 1 amide bonds. The van der Waals surface area contributed by atoms with E-state index in [-0.39, 0.29) is 30.4 Å². The molecular formula is C16H23NO2S. The van der Waals surface area contributed by atoms with Gasteiger partial charge in [-0.2, -0.15) is 0 Å². The number of aryl methyl sites for hydroxylation is 1. The van der Waals surface area contributed by atoms with E-state index in [1.165, 1.54) is 23.3 Å². The molecule has 0 bridgehead atoms. The van der Waals surface area contributed by atoms with E-state index in [0.29, 0.717) is 5.92 Å². The zero-order valence-corrected chi connectivity index (χ0v) is 12.8. The third kappa shape index (κ3) is 2.77. The molecule has 2 saturated carbocycles. The molecule has 2 aliphatic carbocycles. The Kier molecular flexibility index (Phi) is 4.13. The Hall–Kier alpha value is -0.870. The van der Waals surface area contributed by atoms with Gasteiger partial charge in [0.2, 0.25) is 5.91 Å². The fraction of sp³-hybridized carbons (Fsp3) is 0.688. The summed E-state index contributed by atoms with van der Waals surface area (Å²) in [5.41, 5.74) is 1.32. The van der Waals surface area contributed by atoms with E-state index in [0.717, 1.165) is 19.3 Å². The minimum absolute atomic E-state index is 0.161. The number of hydrogen-bond acceptors (Lipinski definition) is 3. The molecule has 2 aliphatic rings. The zero-order chi connectivity index (χ0) is 14.1. The van der Waals surface area contributed by atoms with Gasteiger partial charge in [-0.25, -0.2) is 0 Å². The van der Waals surface area contributed by atoms with E-state index in [4.69, 9.17) is 0 Å². The van der Waals surface area contributed by atoms with E-state index in [1.807, 2.05) is 0 Å². The lowest BCUT2D eigenvalue weighted by Crippen LogP contribution is -2.44. The lowest BCUT2D eigenvalue weighted by Gasteiger charge is -2.31. The van der Waals surface area contributed by atoms with Gasteiger partial charge in [0.1, 0.15) is 0 Å². The minimum atomic E-state index is 0.161. The van der Waals surface area contributed by atoms with Gasteiger partial charge in [0.25, 0.3) is 0 Å². The van der Waals surface area contributed by atoms with Crippen LogP contribution in [0.4, 0.5) is 0 Å². The summed E-state index contributed by atoms with van der Waals surface area (Å²) in [4.78, 5) is 13.7. The molecule has 4 atom stereocenters. The van der Waals surface area contributed by atoms with Crippen molar-refractivity contribution >= 4 is 17.2 Å². The summed E-state index contributed by atoms with van der Waals surface area (Å²) < 4.78 is 0. The van der Waals surface area contributed by atoms with Crippen LogP contribution in [0.1, 0.15) is 48.5 Å². The van der Waals surface area contributed by atoms with Crippen LogP contribution in [0.25, 0.3) is 0 Å². The van der Waals surface area contributed by atoms with Gasteiger partial charge in [-0.05, 0) is 43.2 Å². The summed E-state index contributed by atoms with van der Waals surface area (Å²) in [7, 11) is 0. The first kappa shape index (κ1) is 14.1. The van der Waals surface area contributed by atoms with Crippen LogP contribution in [-0.2, 0) is 4.79 Å². The second-order valence-electron chi connectivity index (χ2n) is 6.26. The van der Waals surface area contributed by atoms with Gasteiger partial charge < -0.3 is 10.4 Å². The van der Waals surface area contributed by atoms with Crippen molar-refractivity contribution in [2.24, 2.45) is 11.8 Å². The average molecular weight is 293 g/mol. The number of thiophene rings is 1. The van der Waals surface area contributed by atoms with Crippen molar-refractivity contribution in [2.45, 2.75) is 51.0 Å². The molecule has 0 radical (unpaired) electrons. The highest BCUT2D eigenvalue weighted by atomic mass is 32.1. The second-order valence-corrected chi connectivity index (χ2v) is 7.21. The maximum atomic E-state index is 12.4. The van der Waals surface area contributed by atoms with Gasteiger partial charge in [-0.15, -0.1) is 11.3 Å². The number of aliphatic hydroxyl groups excluding tert-OH is 1. The molecular weight excluding hydrogens is 270 g/mol. The van der Waals surface area contributed by atoms with Crippen LogP contribution in [0.3, 0.4) is 0 Å². The molecule has 0 aromatic carbocycles. The number of aliphatic hydroxyl groups is 1. The van der Waals surface area contributed by atoms with Crippen molar-refractivity contribution in [3.05, 3.63) is 21.9 Å². The fourth-order valence-electron chi connectivity index (χ4n) is 3.44. The normalized spacial score (nSPS) is 32.9. The van der Waals surface area contributed by atoms with E-state index in [2.05, 4.69) is 23.7 Å². The highest BCUT2D eigenvalue weighted by Gasteiger charge is 2.46. The molecule has 0 spiro atoms. The van der Waals surface area contributed by atoms with Gasteiger partial charge in [0.05, 0.1) is 0 Å². The van der Waals surface area contributed by atoms with Crippen molar-refractivity contribution in [1.82, 2.24) is 5.32 Å². The number of hydrogen-bond donors (Lipinski definition) is 2. The largest absolute Gasteiger partial charge is 0.396 e. The van der Waals surface area contributed by atoms with Crippen LogP contribution >= 0.6 is 11.3 Å². The number of carbonyl (C=O) groups excluding carboxylic acids is 1. The van der Waals surface area contributed by atoms with Crippen molar-refractivity contribution in [3.8, 4) is 0 Å². The second kappa shape index (κ2) is 5.86. The predicted octanol–water partition coefficient (Wildman–Crippen LogP) is 2.83. The molecule has 110 valence electrons. The van der Waals surface area contributed by atoms with E-state index < -0.39 is 0 Å². The standard InChI is InChI=1S/C16H23NO2S/c1-10-6-7-20-15(10)12-8-13(12)16(19)17-14-5-3-2-4-11(14)9-18/h6-7,11-14,18H,2-5,8-9H2,1H3,(H,17,19). The fourth-order valence-corrected chi connectivity index (χ4v) is 4.55. The first-order valence-electron chi connectivity index (χ1n) is 7.66. The number of nitrogens with one attached hydrogen (secondary N) is 1. The Labute approximate surface area is 124 Å². The maximum Gasteiger partial charge on any atom is 0.224 e. The van der Waals surface area contributed by atoms with Gasteiger partial charge in [0.15, 0.2) is 0 Å². The first-order chi connectivity index (χ1) is 9.70. The minimum Gasteiger partial charge on any atom is -0.396 e. The Morgan fingerprint density at radius 2 is 2.25 bits per heavy atom. The highest BCUT2D eigenvalue weighted by molar-refractivity contribution is 7.10. The van der Waals surface area contributed by atoms with Crippen LogP contribution in [0.2, 0.25) is 0 Å². The van der Waals surface area contributed by atoms with Crippen molar-refractivity contribution in [1.29, 1.82) is 0 Å². The molecule has 4 unspecified atom stereocenters. The van der Waals surface area contributed by atoms with Gasteiger partial charge >= 0.3 is 0 Å². The molecule has 4 heteroatoms. The third-order valence-electron chi connectivity index (χ3n) is 4.84. The molecule has 2 N–H and O–H groups in total. The smallest absolute Gasteiger partial charge is 0.224 e. The number of carbonyl (C=O) groups is 1. The van der Waals surface area contributed by atoms with Crippen LogP contribution in [-0.4, -0.2) is 23.7 Å². The summed E-state index contributed by atoms with van der Waals surface area (Å²) in [5, 5.41) is 14.7. The van der Waals surface area contributed by atoms with Crippen LogP contribution in [0, 0.1) is 18.8 Å². The summed E-state index contributed by atoms with van der Waals surface area (Å²) in [6.07, 6.45) is 5.40. The molecule has 1 heterocycles. The van der Waals surface area contributed by atoms with Crippen LogP contribution in [0.5, 0.6) is 0 Å². The highest BCUT2D eigenvalue weighted by Crippen LogP contribution is 2.50. The Balaban J connectivity index is 1.57. The topological polar surface area (TPSA) is 49.3 Å². The SMILES string of the molecule is Cc1ccsc1C1CC1C(=O)NC1CCCCC1CO. The Morgan fingerprint density at radius 3 is 2.95 bits per heavy atom. The number of rotatable bonds is 4. The van der Waals surface area contributed by atoms with Gasteiger partial charge in [0, 0.05) is 35.3 Å². The summed E-state index contributed by atoms with van der Waals surface area (Å²) >= 11 is 1.77. The molecule has 0 aliphatic heterocycles. The van der Waals surface area contributed by atoms with Crippen molar-refractivity contribution < 1.29 is 9.90 Å². The monoisotopic (exact) mass is 293 g/mol. The van der Waals surface area contributed by atoms with Crippen molar-refractivity contribution in [3.63, 3.8) is 0 Å². The van der Waals surface area contributed by atoms with Crippen molar-refractivity contribution in [2.75, 3.05) is 6.61 Å². The van der Waals surface area contributed by atoms with Gasteiger partial charge in [-0.3, -0.25) is 4.79 Å². The number of amides is 1. The molecule has 20 heavy (non-hydrogen) atoms. The van der Waals surface area contributed by atoms with E-state index >= 15 is 0 Å². The maximum absolute atomic E-state index is 12.4. The lowest BCUT2D eigenvalue weighted by atomic mass is 9.85. The quantitative estimate of drug-likeness (QED) is 0.897. The summed E-state index contributed by atoms with van der Waals surface area (Å²) in [5.74, 6) is 1.06. The molecule has 2 fully saturated rings. The first-order valence-corrected chi connectivity index (χ1v) is 8.54. The molecule has 0 saturated heterocycles. The average Bonchev–Trinajstić information content (AvgIpc) is 3.14. The van der Waals surface area contributed by atoms with Crippen LogP contribution < -0.4 is 5.32 Å². The predicted molar refractivity (Wildman–Crippen MR) is 80.9 cm³/mol. The summed E-state index contributed by atoms with van der Waals surface area (Å²) in [6, 6.07) is 2.32. The zero-order valence-electron chi connectivity index (χ0n) is 12.0. The lowest BCUT2D eigenvalue weighted by molar-refractivity contribution is -0.123. The van der Waals surface area contributed by atoms with Crippen LogP contribution in [0.15, 0.2) is 11.4 Å².